The minimum Gasteiger partial charge on any atom is -0.492 e. The molecule has 0 saturated heterocycles. The van der Waals surface area contributed by atoms with Crippen LogP contribution in [0.5, 0.6) is 5.75 Å². The van der Waals surface area contributed by atoms with Crippen molar-refractivity contribution in [3.8, 4) is 5.75 Å². The van der Waals surface area contributed by atoms with Crippen LogP contribution in [0.1, 0.15) is 58.9 Å². The van der Waals surface area contributed by atoms with Gasteiger partial charge in [-0.1, -0.05) is 38.1 Å². The quantitative estimate of drug-likeness (QED) is 0.353. The highest BCUT2D eigenvalue weighted by Gasteiger charge is 2.29. The summed E-state index contributed by atoms with van der Waals surface area (Å²) in [5.41, 5.74) is 1.10. The third-order valence-corrected chi connectivity index (χ3v) is 7.42. The number of rotatable bonds is 15. The SMILES string of the molecule is CCOc1ccccc1N(CCCC(=O)N(Cc1ccc(F)cc1)[C@H](CC)C(=O)N[C@@H](C)CC)S(C)(=O)=O. The topological polar surface area (TPSA) is 96.0 Å². The van der Waals surface area contributed by atoms with Crippen LogP contribution in [-0.2, 0) is 26.2 Å². The van der Waals surface area contributed by atoms with E-state index in [1.807, 2.05) is 27.7 Å². The fourth-order valence-electron chi connectivity index (χ4n) is 4.07. The van der Waals surface area contributed by atoms with E-state index in [0.717, 1.165) is 12.7 Å². The molecule has 8 nitrogen and oxygen atoms in total. The third kappa shape index (κ3) is 9.01. The average molecular weight is 550 g/mol. The van der Waals surface area contributed by atoms with Crippen molar-refractivity contribution in [1.82, 2.24) is 10.2 Å². The number of nitrogens with zero attached hydrogens (tertiary/aromatic N) is 2. The molecule has 38 heavy (non-hydrogen) atoms. The Morgan fingerprint density at radius 3 is 2.26 bits per heavy atom. The van der Waals surface area contributed by atoms with Gasteiger partial charge in [0.05, 0.1) is 18.6 Å². The van der Waals surface area contributed by atoms with Gasteiger partial charge >= 0.3 is 0 Å². The lowest BCUT2D eigenvalue weighted by Gasteiger charge is -2.32. The Balaban J connectivity index is 2.25. The summed E-state index contributed by atoms with van der Waals surface area (Å²) in [4.78, 5) is 28.1. The monoisotopic (exact) mass is 549 g/mol. The van der Waals surface area contributed by atoms with Gasteiger partial charge < -0.3 is 15.0 Å². The summed E-state index contributed by atoms with van der Waals surface area (Å²) in [6, 6.07) is 11.9. The van der Waals surface area contributed by atoms with Crippen LogP contribution >= 0.6 is 0 Å². The summed E-state index contributed by atoms with van der Waals surface area (Å²) < 4.78 is 45.6. The molecule has 0 aliphatic carbocycles. The first-order valence-corrected chi connectivity index (χ1v) is 14.9. The Labute approximate surface area is 226 Å². The standard InChI is InChI=1S/C28H40FN3O5S/c1-6-21(4)30-28(34)24(7-2)31(20-22-15-17-23(29)18-16-22)27(33)14-11-19-32(38(5,35)36)25-12-9-10-13-26(25)37-8-3/h9-10,12-13,15-18,21,24H,6-8,11,14,19-20H2,1-5H3,(H,30,34)/t21-,24+/m0/s1. The number of nitrogens with one attached hydrogen (secondary N) is 1. The number of sulfonamides is 1. The van der Waals surface area contributed by atoms with Gasteiger partial charge in [-0.25, -0.2) is 12.8 Å². The lowest BCUT2D eigenvalue weighted by molar-refractivity contribution is -0.141. The van der Waals surface area contributed by atoms with Crippen molar-refractivity contribution >= 4 is 27.5 Å². The minimum atomic E-state index is -3.65. The zero-order valence-electron chi connectivity index (χ0n) is 22.9. The van der Waals surface area contributed by atoms with E-state index in [-0.39, 0.29) is 49.6 Å². The van der Waals surface area contributed by atoms with Gasteiger partial charge in [-0.3, -0.25) is 13.9 Å². The first-order chi connectivity index (χ1) is 18.0. The Morgan fingerprint density at radius 2 is 1.68 bits per heavy atom. The van der Waals surface area contributed by atoms with E-state index in [4.69, 9.17) is 4.74 Å². The molecule has 2 aromatic rings. The van der Waals surface area contributed by atoms with E-state index in [1.165, 1.54) is 21.3 Å². The average Bonchev–Trinajstić information content (AvgIpc) is 2.87. The van der Waals surface area contributed by atoms with Crippen molar-refractivity contribution in [2.45, 2.75) is 72.0 Å². The van der Waals surface area contributed by atoms with E-state index in [1.54, 1.807) is 36.4 Å². The maximum Gasteiger partial charge on any atom is 0.243 e. The van der Waals surface area contributed by atoms with Crippen LogP contribution in [0.4, 0.5) is 10.1 Å². The molecule has 10 heteroatoms. The molecule has 0 spiro atoms. The van der Waals surface area contributed by atoms with Crippen LogP contribution < -0.4 is 14.4 Å². The molecule has 0 fully saturated rings. The summed E-state index contributed by atoms with van der Waals surface area (Å²) in [6.45, 7) is 8.09. The molecule has 0 heterocycles. The van der Waals surface area contributed by atoms with Gasteiger partial charge in [0, 0.05) is 25.6 Å². The van der Waals surface area contributed by atoms with Gasteiger partial charge in [0.25, 0.3) is 0 Å². The van der Waals surface area contributed by atoms with Crippen molar-refractivity contribution in [3.63, 3.8) is 0 Å². The number of anilines is 1. The second-order valence-electron chi connectivity index (χ2n) is 9.23. The Hall–Kier alpha value is -3.14. The Morgan fingerprint density at radius 1 is 1.03 bits per heavy atom. The maximum atomic E-state index is 13.5. The molecular weight excluding hydrogens is 509 g/mol. The van der Waals surface area contributed by atoms with E-state index in [2.05, 4.69) is 5.32 Å². The van der Waals surface area contributed by atoms with Crippen LogP contribution in [0.15, 0.2) is 48.5 Å². The van der Waals surface area contributed by atoms with Crippen LogP contribution in [0.2, 0.25) is 0 Å². The minimum absolute atomic E-state index is 0.0249. The van der Waals surface area contributed by atoms with Gasteiger partial charge in [0.2, 0.25) is 21.8 Å². The molecule has 0 aliphatic rings. The van der Waals surface area contributed by atoms with Crippen LogP contribution in [0, 0.1) is 5.82 Å². The van der Waals surface area contributed by atoms with Crippen LogP contribution in [0.3, 0.4) is 0 Å². The molecule has 0 aromatic heterocycles. The van der Waals surface area contributed by atoms with Gasteiger partial charge in [-0.2, -0.15) is 0 Å². The first-order valence-electron chi connectivity index (χ1n) is 13.1. The van der Waals surface area contributed by atoms with Crippen molar-refractivity contribution in [2.24, 2.45) is 0 Å². The summed E-state index contributed by atoms with van der Waals surface area (Å²) in [6.07, 6.45) is 2.52. The predicted octanol–water partition coefficient (Wildman–Crippen LogP) is 4.49. The van der Waals surface area contributed by atoms with Gasteiger partial charge in [-0.15, -0.1) is 0 Å². The van der Waals surface area contributed by atoms with Crippen molar-refractivity contribution in [2.75, 3.05) is 23.7 Å². The number of para-hydroxylation sites is 2. The summed E-state index contributed by atoms with van der Waals surface area (Å²) in [5.74, 6) is -0.480. The van der Waals surface area contributed by atoms with Gasteiger partial charge in [0.15, 0.2) is 0 Å². The molecule has 2 rings (SSSR count). The van der Waals surface area contributed by atoms with Crippen molar-refractivity contribution < 1.29 is 27.1 Å². The lowest BCUT2D eigenvalue weighted by Crippen LogP contribution is -2.50. The molecule has 0 unspecified atom stereocenters. The number of benzene rings is 2. The summed E-state index contributed by atoms with van der Waals surface area (Å²) in [5, 5.41) is 2.95. The van der Waals surface area contributed by atoms with E-state index < -0.39 is 16.1 Å². The zero-order chi connectivity index (χ0) is 28.3. The predicted molar refractivity (Wildman–Crippen MR) is 148 cm³/mol. The number of amides is 2. The second kappa shape index (κ2) is 14.7. The van der Waals surface area contributed by atoms with Gasteiger partial charge in [-0.05, 0) is 62.9 Å². The summed E-state index contributed by atoms with van der Waals surface area (Å²) >= 11 is 0. The molecule has 0 saturated carbocycles. The smallest absolute Gasteiger partial charge is 0.243 e. The van der Waals surface area contributed by atoms with Crippen molar-refractivity contribution in [1.29, 1.82) is 0 Å². The number of ether oxygens (including phenoxy) is 1. The van der Waals surface area contributed by atoms with Crippen LogP contribution in [-0.4, -0.2) is 56.6 Å². The first kappa shape index (κ1) is 31.1. The van der Waals surface area contributed by atoms with Crippen molar-refractivity contribution in [3.05, 3.63) is 59.9 Å². The zero-order valence-corrected chi connectivity index (χ0v) is 23.8. The fourth-order valence-corrected chi connectivity index (χ4v) is 5.04. The molecule has 2 amide bonds. The molecule has 1 N–H and O–H groups in total. The third-order valence-electron chi connectivity index (χ3n) is 6.24. The molecule has 210 valence electrons. The van der Waals surface area contributed by atoms with E-state index in [9.17, 15) is 22.4 Å². The number of halogens is 1. The number of carbonyl (C=O) groups excluding carboxylic acids is 2. The lowest BCUT2D eigenvalue weighted by atomic mass is 10.1. The van der Waals surface area contributed by atoms with E-state index >= 15 is 0 Å². The molecule has 2 atom stereocenters. The Bertz CT molecular complexity index is 1160. The fraction of sp³-hybridized carbons (Fsp3) is 0.500. The second-order valence-corrected chi connectivity index (χ2v) is 11.1. The Kier molecular flexibility index (Phi) is 12.0. The number of hydrogen-bond acceptors (Lipinski definition) is 5. The molecule has 0 aliphatic heterocycles. The summed E-state index contributed by atoms with van der Waals surface area (Å²) in [7, 11) is -3.65. The number of carbonyl (C=O) groups is 2. The van der Waals surface area contributed by atoms with E-state index in [0.29, 0.717) is 30.0 Å². The molecular formula is C28H40FN3O5S. The highest BCUT2D eigenvalue weighted by molar-refractivity contribution is 7.92. The molecule has 0 bridgehead atoms. The largest absolute Gasteiger partial charge is 0.492 e. The molecule has 0 radical (unpaired) electrons. The number of hydrogen-bond donors (Lipinski definition) is 1. The van der Waals surface area contributed by atoms with Crippen LogP contribution in [0.25, 0.3) is 0 Å². The maximum absolute atomic E-state index is 13.5. The van der Waals surface area contributed by atoms with Gasteiger partial charge in [0.1, 0.15) is 17.6 Å². The normalized spacial score (nSPS) is 12.9. The molecule has 2 aromatic carbocycles. The highest BCUT2D eigenvalue weighted by atomic mass is 32.2. The highest BCUT2D eigenvalue weighted by Crippen LogP contribution is 2.30.